The summed E-state index contributed by atoms with van der Waals surface area (Å²) in [5.41, 5.74) is 1.17. The summed E-state index contributed by atoms with van der Waals surface area (Å²) < 4.78 is 0. The van der Waals surface area contributed by atoms with Crippen LogP contribution in [-0.4, -0.2) is 12.0 Å². The van der Waals surface area contributed by atoms with Crippen molar-refractivity contribution in [1.82, 2.24) is 4.98 Å². The average Bonchev–Trinajstić information content (AvgIpc) is 2.38. The highest BCUT2D eigenvalue weighted by molar-refractivity contribution is 6.30. The van der Waals surface area contributed by atoms with E-state index >= 15 is 0 Å². The fourth-order valence-electron chi connectivity index (χ4n) is 1.47. The fraction of sp³-hybridized carbons (Fsp3) is 0.154. The van der Waals surface area contributed by atoms with Gasteiger partial charge in [-0.05, 0) is 29.8 Å². The number of pyridine rings is 1. The fourth-order valence-corrected chi connectivity index (χ4v) is 1.59. The number of rotatable bonds is 4. The van der Waals surface area contributed by atoms with E-state index in [0.29, 0.717) is 0 Å². The van der Waals surface area contributed by atoms with Crippen molar-refractivity contribution in [3.05, 3.63) is 53.1 Å². The van der Waals surface area contributed by atoms with Crippen LogP contribution in [0.1, 0.15) is 5.56 Å². The Morgan fingerprint density at radius 1 is 1.06 bits per heavy atom. The van der Waals surface area contributed by atoms with Crippen molar-refractivity contribution in [2.24, 2.45) is 0 Å². The normalized spacial score (nSPS) is 10.0. The highest BCUT2D eigenvalue weighted by Gasteiger charge is 1.96. The minimum Gasteiger partial charge on any atom is -0.373 e. The lowest BCUT2D eigenvalue weighted by Crippen LogP contribution is -2.02. The van der Waals surface area contributed by atoms with Crippen LogP contribution >= 0.6 is 11.6 Å². The quantitative estimate of drug-likeness (QED) is 0.870. The van der Waals surface area contributed by atoms with Crippen LogP contribution in [0.5, 0.6) is 0 Å². The zero-order chi connectivity index (χ0) is 12.1. The zero-order valence-corrected chi connectivity index (χ0v) is 10.3. The molecule has 2 aromatic rings. The second kappa shape index (κ2) is 5.55. The zero-order valence-electron chi connectivity index (χ0n) is 9.57. The molecule has 0 saturated carbocycles. The summed E-state index contributed by atoms with van der Waals surface area (Å²) in [7, 11) is 1.85. The Kier molecular flexibility index (Phi) is 3.83. The standard InChI is InChI=1S/C13H14ClN3/c1-15-12-3-2-4-13(17-12)16-9-10-5-7-11(14)8-6-10/h2-8H,9H2,1H3,(H2,15,16,17). The van der Waals surface area contributed by atoms with Gasteiger partial charge in [-0.15, -0.1) is 0 Å². The second-order valence-electron chi connectivity index (χ2n) is 3.64. The lowest BCUT2D eigenvalue weighted by atomic mass is 10.2. The summed E-state index contributed by atoms with van der Waals surface area (Å²) in [6.07, 6.45) is 0. The van der Waals surface area contributed by atoms with Crippen LogP contribution in [-0.2, 0) is 6.54 Å². The van der Waals surface area contributed by atoms with E-state index in [4.69, 9.17) is 11.6 Å². The molecule has 0 bridgehead atoms. The molecule has 2 rings (SSSR count). The SMILES string of the molecule is CNc1cccc(NCc2ccc(Cl)cc2)n1. The van der Waals surface area contributed by atoms with Crippen LogP contribution in [0.2, 0.25) is 5.02 Å². The first-order valence-electron chi connectivity index (χ1n) is 5.41. The largest absolute Gasteiger partial charge is 0.373 e. The molecule has 0 aliphatic heterocycles. The Bertz CT molecular complexity index is 482. The minimum atomic E-state index is 0.733. The molecule has 88 valence electrons. The van der Waals surface area contributed by atoms with Gasteiger partial charge in [0.25, 0.3) is 0 Å². The third-order valence-corrected chi connectivity index (χ3v) is 2.64. The predicted octanol–water partition coefficient (Wildman–Crippen LogP) is 3.39. The molecule has 1 aromatic heterocycles. The van der Waals surface area contributed by atoms with Crippen molar-refractivity contribution in [2.45, 2.75) is 6.54 Å². The number of aromatic nitrogens is 1. The van der Waals surface area contributed by atoms with Crippen molar-refractivity contribution in [3.8, 4) is 0 Å². The summed E-state index contributed by atoms with van der Waals surface area (Å²) in [6.45, 7) is 0.733. The summed E-state index contributed by atoms with van der Waals surface area (Å²) in [5, 5.41) is 7.02. The second-order valence-corrected chi connectivity index (χ2v) is 4.07. The summed E-state index contributed by atoms with van der Waals surface area (Å²) >= 11 is 5.83. The molecule has 0 spiro atoms. The monoisotopic (exact) mass is 247 g/mol. The number of hydrogen-bond acceptors (Lipinski definition) is 3. The van der Waals surface area contributed by atoms with Crippen LogP contribution in [0.3, 0.4) is 0 Å². The maximum Gasteiger partial charge on any atom is 0.128 e. The number of anilines is 2. The Morgan fingerprint density at radius 3 is 2.47 bits per heavy atom. The van der Waals surface area contributed by atoms with E-state index in [1.165, 1.54) is 5.56 Å². The number of halogens is 1. The Hall–Kier alpha value is -1.74. The molecule has 4 heteroatoms. The molecule has 2 N–H and O–H groups in total. The van der Waals surface area contributed by atoms with Gasteiger partial charge in [-0.3, -0.25) is 0 Å². The first kappa shape index (κ1) is 11.7. The van der Waals surface area contributed by atoms with E-state index in [0.717, 1.165) is 23.2 Å². The van der Waals surface area contributed by atoms with Crippen LogP contribution in [0.25, 0.3) is 0 Å². The van der Waals surface area contributed by atoms with Gasteiger partial charge in [0.2, 0.25) is 0 Å². The van der Waals surface area contributed by atoms with Gasteiger partial charge >= 0.3 is 0 Å². The summed E-state index contributed by atoms with van der Waals surface area (Å²) in [6, 6.07) is 13.6. The molecule has 0 atom stereocenters. The van der Waals surface area contributed by atoms with Crippen molar-refractivity contribution < 1.29 is 0 Å². The summed E-state index contributed by atoms with van der Waals surface area (Å²) in [4.78, 5) is 4.38. The molecule has 1 aromatic carbocycles. The lowest BCUT2D eigenvalue weighted by molar-refractivity contribution is 1.11. The van der Waals surface area contributed by atoms with E-state index in [9.17, 15) is 0 Å². The third kappa shape index (κ3) is 3.36. The van der Waals surface area contributed by atoms with Gasteiger partial charge in [0.05, 0.1) is 0 Å². The topological polar surface area (TPSA) is 37.0 Å². The molecular weight excluding hydrogens is 234 g/mol. The molecule has 0 unspecified atom stereocenters. The van der Waals surface area contributed by atoms with Gasteiger partial charge in [0, 0.05) is 18.6 Å². The number of benzene rings is 1. The molecule has 0 radical (unpaired) electrons. The van der Waals surface area contributed by atoms with E-state index in [2.05, 4.69) is 15.6 Å². The maximum atomic E-state index is 5.83. The van der Waals surface area contributed by atoms with Crippen LogP contribution in [0.15, 0.2) is 42.5 Å². The number of nitrogens with one attached hydrogen (secondary N) is 2. The molecular formula is C13H14ClN3. The van der Waals surface area contributed by atoms with Crippen LogP contribution in [0.4, 0.5) is 11.6 Å². The number of hydrogen-bond donors (Lipinski definition) is 2. The van der Waals surface area contributed by atoms with Gasteiger partial charge < -0.3 is 10.6 Å². The molecule has 17 heavy (non-hydrogen) atoms. The van der Waals surface area contributed by atoms with E-state index in [-0.39, 0.29) is 0 Å². The molecule has 0 saturated heterocycles. The molecule has 0 aliphatic carbocycles. The van der Waals surface area contributed by atoms with Crippen molar-refractivity contribution >= 4 is 23.2 Å². The highest BCUT2D eigenvalue weighted by atomic mass is 35.5. The van der Waals surface area contributed by atoms with Gasteiger partial charge in [0.1, 0.15) is 11.6 Å². The molecule has 0 fully saturated rings. The van der Waals surface area contributed by atoms with Crippen LogP contribution < -0.4 is 10.6 Å². The first-order valence-corrected chi connectivity index (χ1v) is 5.79. The van der Waals surface area contributed by atoms with Gasteiger partial charge in [-0.25, -0.2) is 4.98 Å². The van der Waals surface area contributed by atoms with E-state index in [1.807, 2.05) is 49.5 Å². The molecule has 0 amide bonds. The van der Waals surface area contributed by atoms with Crippen LogP contribution in [0, 0.1) is 0 Å². The smallest absolute Gasteiger partial charge is 0.128 e. The molecule has 0 aliphatic rings. The Labute approximate surface area is 106 Å². The Balaban J connectivity index is 1.99. The minimum absolute atomic E-state index is 0.733. The summed E-state index contributed by atoms with van der Waals surface area (Å²) in [5.74, 6) is 1.71. The predicted molar refractivity (Wildman–Crippen MR) is 72.6 cm³/mol. The maximum absolute atomic E-state index is 5.83. The first-order chi connectivity index (χ1) is 8.28. The Morgan fingerprint density at radius 2 is 1.76 bits per heavy atom. The third-order valence-electron chi connectivity index (χ3n) is 2.39. The number of nitrogens with zero attached hydrogens (tertiary/aromatic N) is 1. The van der Waals surface area contributed by atoms with Gasteiger partial charge in [-0.2, -0.15) is 0 Å². The van der Waals surface area contributed by atoms with Gasteiger partial charge in [-0.1, -0.05) is 29.8 Å². The van der Waals surface area contributed by atoms with E-state index in [1.54, 1.807) is 0 Å². The lowest BCUT2D eigenvalue weighted by Gasteiger charge is -2.07. The van der Waals surface area contributed by atoms with Crippen molar-refractivity contribution in [3.63, 3.8) is 0 Å². The highest BCUT2D eigenvalue weighted by Crippen LogP contribution is 2.12. The van der Waals surface area contributed by atoms with Gasteiger partial charge in [0.15, 0.2) is 0 Å². The average molecular weight is 248 g/mol. The van der Waals surface area contributed by atoms with Crippen molar-refractivity contribution in [2.75, 3.05) is 17.7 Å². The molecule has 1 heterocycles. The molecule has 3 nitrogen and oxygen atoms in total. The van der Waals surface area contributed by atoms with Crippen molar-refractivity contribution in [1.29, 1.82) is 0 Å². The van der Waals surface area contributed by atoms with E-state index < -0.39 is 0 Å².